The van der Waals surface area contributed by atoms with E-state index < -0.39 is 0 Å². The molecule has 1 atom stereocenters. The first kappa shape index (κ1) is 25.3. The summed E-state index contributed by atoms with van der Waals surface area (Å²) in [5.74, 6) is 1.28. The van der Waals surface area contributed by atoms with E-state index >= 15 is 0 Å². The van der Waals surface area contributed by atoms with Crippen molar-refractivity contribution in [3.05, 3.63) is 69.3 Å². The number of hydrogen-bond acceptors (Lipinski definition) is 7. The van der Waals surface area contributed by atoms with Gasteiger partial charge in [-0.15, -0.1) is 11.3 Å². The second-order valence-electron chi connectivity index (χ2n) is 7.68. The van der Waals surface area contributed by atoms with Crippen molar-refractivity contribution < 1.29 is 9.53 Å². The first-order chi connectivity index (χ1) is 15.6. The summed E-state index contributed by atoms with van der Waals surface area (Å²) in [4.78, 5) is 26.3. The predicted octanol–water partition coefficient (Wildman–Crippen LogP) is 4.13. The van der Waals surface area contributed by atoms with Crippen LogP contribution < -0.4 is 15.0 Å². The number of carbonyl (C=O) groups excluding carboxylic acids is 1. The van der Waals surface area contributed by atoms with E-state index in [0.29, 0.717) is 41.8 Å². The molecule has 7 nitrogen and oxygen atoms in total. The number of likely N-dealkylation sites (N-methyl/N-ethyl adjacent to an activating group) is 1. The Kier molecular flexibility index (Phi) is 8.96. The summed E-state index contributed by atoms with van der Waals surface area (Å²) < 4.78 is 6.27. The average Bonchev–Trinajstić information content (AvgIpc) is 3.31. The largest absolute Gasteiger partial charge is 0.485 e. The van der Waals surface area contributed by atoms with Gasteiger partial charge in [0, 0.05) is 49.2 Å². The number of nitrogens with one attached hydrogen (secondary N) is 1. The maximum Gasteiger partial charge on any atom is 0.259 e. The van der Waals surface area contributed by atoms with Crippen LogP contribution in [-0.2, 0) is 6.54 Å². The second kappa shape index (κ2) is 11.7. The fraction of sp³-hybridized carbons (Fsp3) is 0.348. The highest BCUT2D eigenvalue weighted by molar-refractivity contribution is 7.59. The molecule has 176 valence electrons. The third kappa shape index (κ3) is 5.97. The molecule has 1 aliphatic heterocycles. The number of rotatable bonds is 8. The molecule has 4 rings (SSSR count). The van der Waals surface area contributed by atoms with Crippen LogP contribution in [0.2, 0.25) is 5.02 Å². The zero-order valence-electron chi connectivity index (χ0n) is 18.6. The van der Waals surface area contributed by atoms with Crippen LogP contribution in [0, 0.1) is 0 Å². The van der Waals surface area contributed by atoms with Crippen molar-refractivity contribution in [3.63, 3.8) is 0 Å². The van der Waals surface area contributed by atoms with Gasteiger partial charge < -0.3 is 19.9 Å². The Balaban J connectivity index is 0.00000306. The number of halogens is 1. The third-order valence-corrected chi connectivity index (χ3v) is 6.77. The lowest BCUT2D eigenvalue weighted by molar-refractivity contribution is 0.0754. The first-order valence-electron chi connectivity index (χ1n) is 10.5. The minimum absolute atomic E-state index is 0. The number of ether oxygens (including phenoxy) is 1. The SMILES string of the molecule is CNCC[C@H](Oc1ccc(CN2CCN(C)c3ncncc3C2=O)c(Cl)c1)c1cccs1.S. The molecule has 1 amide bonds. The van der Waals surface area contributed by atoms with Crippen molar-refractivity contribution in [1.29, 1.82) is 0 Å². The molecule has 10 heteroatoms. The van der Waals surface area contributed by atoms with E-state index in [2.05, 4.69) is 26.7 Å². The van der Waals surface area contributed by atoms with Crippen molar-refractivity contribution in [2.75, 3.05) is 38.6 Å². The molecule has 0 bridgehead atoms. The normalized spacial score (nSPS) is 14.3. The van der Waals surface area contributed by atoms with Gasteiger partial charge in [0.2, 0.25) is 0 Å². The van der Waals surface area contributed by atoms with E-state index in [-0.39, 0.29) is 25.5 Å². The Bertz CT molecular complexity index is 1070. The highest BCUT2D eigenvalue weighted by Gasteiger charge is 2.26. The number of carbonyl (C=O) groups is 1. The summed E-state index contributed by atoms with van der Waals surface area (Å²) in [5.41, 5.74) is 1.38. The van der Waals surface area contributed by atoms with Crippen LogP contribution in [0.1, 0.15) is 33.3 Å². The molecular formula is C23H28ClN5O2S2. The lowest BCUT2D eigenvalue weighted by Gasteiger charge is -2.22. The average molecular weight is 506 g/mol. The summed E-state index contributed by atoms with van der Waals surface area (Å²) in [6.45, 7) is 2.52. The monoisotopic (exact) mass is 505 g/mol. The smallest absolute Gasteiger partial charge is 0.259 e. The molecule has 0 radical (unpaired) electrons. The third-order valence-electron chi connectivity index (χ3n) is 5.46. The van der Waals surface area contributed by atoms with Crippen molar-refractivity contribution >= 4 is 48.2 Å². The number of hydrogen-bond donors (Lipinski definition) is 1. The minimum Gasteiger partial charge on any atom is -0.485 e. The van der Waals surface area contributed by atoms with Crippen molar-refractivity contribution in [3.8, 4) is 5.75 Å². The number of amides is 1. The fourth-order valence-electron chi connectivity index (χ4n) is 3.69. The molecule has 33 heavy (non-hydrogen) atoms. The van der Waals surface area contributed by atoms with Gasteiger partial charge in [0.25, 0.3) is 5.91 Å². The Labute approximate surface area is 210 Å². The number of aromatic nitrogens is 2. The molecule has 0 spiro atoms. The molecular weight excluding hydrogens is 478 g/mol. The molecule has 3 heterocycles. The molecule has 0 saturated heterocycles. The van der Waals surface area contributed by atoms with Crippen LogP contribution in [-0.4, -0.2) is 54.5 Å². The number of benzene rings is 1. The standard InChI is InChI=1S/C23H26ClN5O2S.H2S/c1-25-8-7-20(21-4-3-11-32-21)31-17-6-5-16(19(24)12-17)14-29-10-9-28(2)22-18(23(29)30)13-26-15-27-22;/h3-6,11-13,15,20,25H,7-10,14H2,1-2H3;1H2/t20-;/m0./s1. The predicted molar refractivity (Wildman–Crippen MR) is 138 cm³/mol. The zero-order chi connectivity index (χ0) is 22.5. The van der Waals surface area contributed by atoms with Gasteiger partial charge in [-0.25, -0.2) is 9.97 Å². The molecule has 0 aliphatic carbocycles. The molecule has 2 aromatic heterocycles. The number of fused-ring (bicyclic) bond motifs is 1. The summed E-state index contributed by atoms with van der Waals surface area (Å²) in [7, 11) is 3.86. The van der Waals surface area contributed by atoms with E-state index in [1.807, 2.05) is 43.3 Å². The Hall–Kier alpha value is -2.33. The van der Waals surface area contributed by atoms with Crippen LogP contribution in [0.5, 0.6) is 5.75 Å². The van der Waals surface area contributed by atoms with E-state index in [4.69, 9.17) is 16.3 Å². The molecule has 1 N–H and O–H groups in total. The van der Waals surface area contributed by atoms with Gasteiger partial charge in [-0.3, -0.25) is 4.79 Å². The van der Waals surface area contributed by atoms with Gasteiger partial charge in [-0.05, 0) is 42.7 Å². The topological polar surface area (TPSA) is 70.6 Å². The minimum atomic E-state index is -0.0915. The summed E-state index contributed by atoms with van der Waals surface area (Å²) in [6, 6.07) is 9.82. The lowest BCUT2D eigenvalue weighted by Crippen LogP contribution is -2.33. The number of thiophene rings is 1. The van der Waals surface area contributed by atoms with Gasteiger partial charge in [-0.1, -0.05) is 23.7 Å². The highest BCUT2D eigenvalue weighted by Crippen LogP contribution is 2.31. The Morgan fingerprint density at radius 3 is 2.88 bits per heavy atom. The van der Waals surface area contributed by atoms with Crippen LogP contribution >= 0.6 is 36.4 Å². The van der Waals surface area contributed by atoms with Gasteiger partial charge in [-0.2, -0.15) is 13.5 Å². The molecule has 1 aliphatic rings. The van der Waals surface area contributed by atoms with Crippen LogP contribution in [0.4, 0.5) is 5.82 Å². The van der Waals surface area contributed by atoms with Gasteiger partial charge >= 0.3 is 0 Å². The molecule has 3 aromatic rings. The Morgan fingerprint density at radius 2 is 2.15 bits per heavy atom. The first-order valence-corrected chi connectivity index (χ1v) is 11.8. The van der Waals surface area contributed by atoms with E-state index in [9.17, 15) is 4.79 Å². The Morgan fingerprint density at radius 1 is 1.30 bits per heavy atom. The second-order valence-corrected chi connectivity index (χ2v) is 9.06. The maximum absolute atomic E-state index is 13.1. The van der Waals surface area contributed by atoms with E-state index in [0.717, 1.165) is 18.5 Å². The highest BCUT2D eigenvalue weighted by atomic mass is 35.5. The maximum atomic E-state index is 13.1. The van der Waals surface area contributed by atoms with Crippen molar-refractivity contribution in [1.82, 2.24) is 20.2 Å². The van der Waals surface area contributed by atoms with E-state index in [1.54, 1.807) is 22.4 Å². The lowest BCUT2D eigenvalue weighted by atomic mass is 10.1. The molecule has 0 saturated carbocycles. The molecule has 0 unspecified atom stereocenters. The van der Waals surface area contributed by atoms with Crippen LogP contribution in [0.15, 0.2) is 48.2 Å². The summed E-state index contributed by atoms with van der Waals surface area (Å²) in [6.07, 6.45) is 3.86. The summed E-state index contributed by atoms with van der Waals surface area (Å²) in [5, 5.41) is 5.82. The quantitative estimate of drug-likeness (QED) is 0.496. The van der Waals surface area contributed by atoms with Crippen LogP contribution in [0.25, 0.3) is 0 Å². The van der Waals surface area contributed by atoms with Gasteiger partial charge in [0.15, 0.2) is 0 Å². The van der Waals surface area contributed by atoms with Crippen molar-refractivity contribution in [2.24, 2.45) is 0 Å². The van der Waals surface area contributed by atoms with Gasteiger partial charge in [0.1, 0.15) is 29.6 Å². The zero-order valence-corrected chi connectivity index (χ0v) is 21.2. The number of anilines is 1. The van der Waals surface area contributed by atoms with E-state index in [1.165, 1.54) is 11.2 Å². The fourth-order valence-corrected chi connectivity index (χ4v) is 4.71. The number of nitrogens with zero attached hydrogens (tertiary/aromatic N) is 4. The van der Waals surface area contributed by atoms with Gasteiger partial charge in [0.05, 0.1) is 0 Å². The summed E-state index contributed by atoms with van der Waals surface area (Å²) >= 11 is 8.30. The molecule has 0 fully saturated rings. The molecule has 1 aromatic carbocycles. The van der Waals surface area contributed by atoms with Crippen LogP contribution in [0.3, 0.4) is 0 Å². The van der Waals surface area contributed by atoms with Crippen molar-refractivity contribution in [2.45, 2.75) is 19.1 Å².